The summed E-state index contributed by atoms with van der Waals surface area (Å²) in [6.45, 7) is 0. The van der Waals surface area contributed by atoms with Crippen molar-refractivity contribution in [2.75, 3.05) is 24.9 Å². The number of urea groups is 1. The molecule has 2 N–H and O–H groups in total. The third kappa shape index (κ3) is 5.37. The average Bonchev–Trinajstić information content (AvgIpc) is 2.84. The van der Waals surface area contributed by atoms with Crippen LogP contribution in [-0.4, -0.2) is 30.2 Å². The Labute approximate surface area is 201 Å². The molecule has 4 aromatic rings. The first-order valence-electron chi connectivity index (χ1n) is 10.3. The van der Waals surface area contributed by atoms with Crippen LogP contribution < -0.4 is 24.8 Å². The summed E-state index contributed by atoms with van der Waals surface area (Å²) in [4.78, 5) is 20.7. The van der Waals surface area contributed by atoms with Crippen molar-refractivity contribution < 1.29 is 36.6 Å². The van der Waals surface area contributed by atoms with Crippen molar-refractivity contribution in [3.8, 4) is 23.1 Å². The van der Waals surface area contributed by atoms with Gasteiger partial charge in [-0.25, -0.2) is 19.2 Å². The van der Waals surface area contributed by atoms with Crippen LogP contribution in [0.4, 0.5) is 33.7 Å². The van der Waals surface area contributed by atoms with Crippen LogP contribution in [0.1, 0.15) is 5.56 Å². The average molecular weight is 502 g/mol. The molecule has 0 radical (unpaired) electrons. The number of alkyl halides is 3. The Balaban J connectivity index is 1.52. The summed E-state index contributed by atoms with van der Waals surface area (Å²) in [6, 6.07) is 10.9. The zero-order valence-corrected chi connectivity index (χ0v) is 18.8. The first-order valence-corrected chi connectivity index (χ1v) is 10.3. The summed E-state index contributed by atoms with van der Waals surface area (Å²) in [5, 5.41) is 5.27. The van der Waals surface area contributed by atoms with Gasteiger partial charge in [0.05, 0.1) is 30.7 Å². The number of fused-ring (bicyclic) bond motifs is 1. The summed E-state index contributed by atoms with van der Waals surface area (Å²) in [5.74, 6) is 0.0190. The van der Waals surface area contributed by atoms with Gasteiger partial charge < -0.3 is 24.8 Å². The predicted octanol–water partition coefficient (Wildman–Crippen LogP) is 6.24. The van der Waals surface area contributed by atoms with Gasteiger partial charge in [-0.15, -0.1) is 0 Å². The van der Waals surface area contributed by atoms with Gasteiger partial charge in [0.25, 0.3) is 0 Å². The lowest BCUT2D eigenvalue weighted by Crippen LogP contribution is -2.20. The molecule has 1 aromatic heterocycles. The van der Waals surface area contributed by atoms with Gasteiger partial charge in [0.1, 0.15) is 17.9 Å². The Morgan fingerprint density at radius 2 is 1.58 bits per heavy atom. The highest BCUT2D eigenvalue weighted by molar-refractivity contribution is 6.00. The lowest BCUT2D eigenvalue weighted by molar-refractivity contribution is -0.139. The molecule has 3 aromatic carbocycles. The number of aromatic nitrogens is 2. The zero-order chi connectivity index (χ0) is 25.9. The van der Waals surface area contributed by atoms with Crippen molar-refractivity contribution >= 4 is 28.3 Å². The Kier molecular flexibility index (Phi) is 6.77. The van der Waals surface area contributed by atoms with E-state index in [1.165, 1.54) is 26.6 Å². The van der Waals surface area contributed by atoms with E-state index in [-0.39, 0.29) is 17.3 Å². The van der Waals surface area contributed by atoms with E-state index in [2.05, 4.69) is 20.6 Å². The van der Waals surface area contributed by atoms with Gasteiger partial charge in [-0.2, -0.15) is 13.2 Å². The van der Waals surface area contributed by atoms with Crippen molar-refractivity contribution in [1.29, 1.82) is 0 Å². The number of ether oxygens (including phenoxy) is 3. The number of hydrogen-bond acceptors (Lipinski definition) is 6. The molecule has 1 heterocycles. The van der Waals surface area contributed by atoms with Gasteiger partial charge in [-0.1, -0.05) is 6.07 Å². The number of methoxy groups -OCH3 is 2. The van der Waals surface area contributed by atoms with E-state index in [0.717, 1.165) is 6.07 Å². The topological polar surface area (TPSA) is 94.6 Å². The number of benzene rings is 3. The maximum Gasteiger partial charge on any atom is 0.419 e. The summed E-state index contributed by atoms with van der Waals surface area (Å²) < 4.78 is 68.7. The number of rotatable bonds is 6. The molecule has 186 valence electrons. The van der Waals surface area contributed by atoms with Crippen LogP contribution in [0.5, 0.6) is 23.1 Å². The Morgan fingerprint density at radius 3 is 2.28 bits per heavy atom. The van der Waals surface area contributed by atoms with Crippen molar-refractivity contribution in [2.24, 2.45) is 0 Å². The molecule has 0 aliphatic carbocycles. The second-order valence-electron chi connectivity index (χ2n) is 7.30. The maximum absolute atomic E-state index is 13.5. The van der Waals surface area contributed by atoms with Crippen molar-refractivity contribution in [3.63, 3.8) is 0 Å². The summed E-state index contributed by atoms with van der Waals surface area (Å²) in [7, 11) is 2.99. The van der Waals surface area contributed by atoms with Gasteiger partial charge in [-0.3, -0.25) is 0 Å². The van der Waals surface area contributed by atoms with Crippen LogP contribution in [0.2, 0.25) is 0 Å². The van der Waals surface area contributed by atoms with E-state index in [4.69, 9.17) is 14.2 Å². The van der Waals surface area contributed by atoms with E-state index in [1.807, 2.05) is 0 Å². The van der Waals surface area contributed by atoms with Gasteiger partial charge in [0.15, 0.2) is 11.5 Å². The zero-order valence-electron chi connectivity index (χ0n) is 18.8. The highest BCUT2D eigenvalue weighted by atomic mass is 19.4. The SMILES string of the molecule is COc1cc2ncnc(Oc3cccc(NC(=O)Nc4ccc(F)c(C(F)(F)F)c4)c3)c2cc1OC. The molecule has 0 aliphatic rings. The van der Waals surface area contributed by atoms with Gasteiger partial charge in [0.2, 0.25) is 5.88 Å². The van der Waals surface area contributed by atoms with Gasteiger partial charge in [0, 0.05) is 23.5 Å². The van der Waals surface area contributed by atoms with Crippen LogP contribution >= 0.6 is 0 Å². The highest BCUT2D eigenvalue weighted by Gasteiger charge is 2.34. The van der Waals surface area contributed by atoms with Crippen LogP contribution in [0.3, 0.4) is 0 Å². The minimum absolute atomic E-state index is 0.216. The Hall–Kier alpha value is -4.61. The van der Waals surface area contributed by atoms with Crippen molar-refractivity contribution in [1.82, 2.24) is 9.97 Å². The number of nitrogens with zero attached hydrogens (tertiary/aromatic N) is 2. The summed E-state index contributed by atoms with van der Waals surface area (Å²) >= 11 is 0. The van der Waals surface area contributed by atoms with Crippen LogP contribution in [0, 0.1) is 5.82 Å². The fourth-order valence-electron chi connectivity index (χ4n) is 3.30. The summed E-state index contributed by atoms with van der Waals surface area (Å²) in [6.07, 6.45) is -3.58. The minimum Gasteiger partial charge on any atom is -0.493 e. The number of carbonyl (C=O) groups excluding carboxylic acids is 1. The fourth-order valence-corrected chi connectivity index (χ4v) is 3.30. The number of hydrogen-bond donors (Lipinski definition) is 2. The highest BCUT2D eigenvalue weighted by Crippen LogP contribution is 2.36. The van der Waals surface area contributed by atoms with E-state index in [1.54, 1.807) is 30.3 Å². The number of nitrogens with one attached hydrogen (secondary N) is 2. The second-order valence-corrected chi connectivity index (χ2v) is 7.30. The second kappa shape index (κ2) is 9.94. The molecule has 0 aliphatic heterocycles. The minimum atomic E-state index is -4.90. The third-order valence-electron chi connectivity index (χ3n) is 4.94. The molecule has 12 heteroatoms. The molecule has 36 heavy (non-hydrogen) atoms. The van der Waals surface area contributed by atoms with Gasteiger partial charge in [-0.05, 0) is 36.4 Å². The molecular weight excluding hydrogens is 484 g/mol. The largest absolute Gasteiger partial charge is 0.493 e. The fraction of sp³-hybridized carbons (Fsp3) is 0.125. The van der Waals surface area contributed by atoms with Crippen LogP contribution in [0.15, 0.2) is 60.9 Å². The van der Waals surface area contributed by atoms with E-state index in [9.17, 15) is 22.4 Å². The Bertz CT molecular complexity index is 1430. The number of carbonyl (C=O) groups is 1. The third-order valence-corrected chi connectivity index (χ3v) is 4.94. The molecule has 0 fully saturated rings. The van der Waals surface area contributed by atoms with Crippen LogP contribution in [-0.2, 0) is 6.18 Å². The van der Waals surface area contributed by atoms with E-state index >= 15 is 0 Å². The predicted molar refractivity (Wildman–Crippen MR) is 123 cm³/mol. The molecule has 0 saturated heterocycles. The normalized spacial score (nSPS) is 11.2. The molecule has 0 bridgehead atoms. The monoisotopic (exact) mass is 502 g/mol. The molecule has 2 amide bonds. The molecule has 0 spiro atoms. The molecule has 0 atom stereocenters. The molecular formula is C24H18F4N4O4. The first-order chi connectivity index (χ1) is 17.2. The quantitative estimate of drug-likeness (QED) is 0.303. The van der Waals surface area contributed by atoms with E-state index in [0.29, 0.717) is 40.3 Å². The van der Waals surface area contributed by atoms with Crippen LogP contribution in [0.25, 0.3) is 10.9 Å². The maximum atomic E-state index is 13.5. The number of halogens is 4. The Morgan fingerprint density at radius 1 is 0.889 bits per heavy atom. The van der Waals surface area contributed by atoms with E-state index < -0.39 is 23.6 Å². The number of amides is 2. The van der Waals surface area contributed by atoms with Crippen molar-refractivity contribution in [2.45, 2.75) is 6.18 Å². The lowest BCUT2D eigenvalue weighted by Gasteiger charge is -2.13. The standard InChI is InChI=1S/C24H18F4N4O4/c1-34-20-10-16-19(11-21(20)35-2)29-12-30-22(16)36-15-5-3-4-13(8-15)31-23(33)32-14-6-7-18(25)17(9-14)24(26,27)28/h3-12H,1-2H3,(H2,31,32,33). The molecule has 8 nitrogen and oxygen atoms in total. The lowest BCUT2D eigenvalue weighted by atomic mass is 10.2. The first kappa shape index (κ1) is 24.5. The molecule has 4 rings (SSSR count). The molecule has 0 saturated carbocycles. The number of anilines is 2. The summed E-state index contributed by atoms with van der Waals surface area (Å²) in [5.41, 5.74) is -0.892. The molecule has 0 unspecified atom stereocenters. The van der Waals surface area contributed by atoms with Crippen molar-refractivity contribution in [3.05, 3.63) is 72.3 Å². The van der Waals surface area contributed by atoms with Gasteiger partial charge >= 0.3 is 12.2 Å². The smallest absolute Gasteiger partial charge is 0.419 e.